The highest BCUT2D eigenvalue weighted by Gasteiger charge is 2.40. The lowest BCUT2D eigenvalue weighted by molar-refractivity contribution is -0.121. The number of rotatable bonds is 8. The molecule has 160 valence electrons. The number of ketones is 1. The Balaban J connectivity index is 1.39. The second-order valence-electron chi connectivity index (χ2n) is 8.58. The van der Waals surface area contributed by atoms with E-state index < -0.39 is 12.1 Å². The Bertz CT molecular complexity index is 1080. The van der Waals surface area contributed by atoms with Gasteiger partial charge in [0.25, 0.3) is 0 Å². The van der Waals surface area contributed by atoms with Crippen LogP contribution in [-0.4, -0.2) is 28.1 Å². The maximum Gasteiger partial charge on any atom is 0.335 e. The quantitative estimate of drug-likeness (QED) is 0.538. The van der Waals surface area contributed by atoms with E-state index in [0.29, 0.717) is 5.56 Å². The highest BCUT2D eigenvalue weighted by atomic mass is 16.4. The second-order valence-corrected chi connectivity index (χ2v) is 8.58. The van der Waals surface area contributed by atoms with E-state index in [2.05, 4.69) is 30.3 Å². The largest absolute Gasteiger partial charge is 0.478 e. The van der Waals surface area contributed by atoms with Gasteiger partial charge in [0, 0.05) is 12.3 Å². The summed E-state index contributed by atoms with van der Waals surface area (Å²) in [5.41, 5.74) is 2.52. The van der Waals surface area contributed by atoms with Gasteiger partial charge in [-0.25, -0.2) is 4.79 Å². The van der Waals surface area contributed by atoms with Crippen LogP contribution >= 0.6 is 0 Å². The van der Waals surface area contributed by atoms with Crippen molar-refractivity contribution >= 4 is 22.5 Å². The number of hydrogen-bond acceptors (Lipinski definition) is 3. The summed E-state index contributed by atoms with van der Waals surface area (Å²) in [5.74, 6) is -0.887. The molecule has 1 aliphatic carbocycles. The Hall–Kier alpha value is -2.98. The zero-order valence-corrected chi connectivity index (χ0v) is 17.5. The molecular weight excluding hydrogens is 388 g/mol. The fourth-order valence-corrected chi connectivity index (χ4v) is 5.01. The summed E-state index contributed by atoms with van der Waals surface area (Å²) < 4.78 is 0. The van der Waals surface area contributed by atoms with Gasteiger partial charge in [-0.3, -0.25) is 4.79 Å². The molecule has 0 aliphatic heterocycles. The number of aliphatic hydroxyl groups is 1. The fraction of sp³-hybridized carbons (Fsp3) is 0.333. The number of benzene rings is 3. The van der Waals surface area contributed by atoms with Crippen molar-refractivity contribution in [3.8, 4) is 0 Å². The van der Waals surface area contributed by atoms with Crippen molar-refractivity contribution in [3.05, 3.63) is 83.4 Å². The number of aliphatic hydroxyl groups excluding tert-OH is 1. The molecule has 1 fully saturated rings. The summed E-state index contributed by atoms with van der Waals surface area (Å²) in [6.07, 6.45) is 3.58. The highest BCUT2D eigenvalue weighted by molar-refractivity contribution is 5.88. The van der Waals surface area contributed by atoms with Gasteiger partial charge in [0.2, 0.25) is 0 Å². The maximum absolute atomic E-state index is 12.6. The van der Waals surface area contributed by atoms with E-state index in [1.807, 2.05) is 18.2 Å². The predicted octanol–water partition coefficient (Wildman–Crippen LogP) is 5.06. The number of fused-ring (bicyclic) bond motifs is 1. The van der Waals surface area contributed by atoms with Crippen LogP contribution in [0, 0.1) is 11.8 Å². The SMILES string of the molecule is O=C(O)c1cccc(CCC[C@H]2C(O)CC(=O)[C@@H]2CCc2cccc3ccccc23)c1. The Labute approximate surface area is 182 Å². The van der Waals surface area contributed by atoms with E-state index in [-0.39, 0.29) is 24.0 Å². The summed E-state index contributed by atoms with van der Waals surface area (Å²) >= 11 is 0. The van der Waals surface area contributed by atoms with Crippen molar-refractivity contribution in [2.45, 2.75) is 44.6 Å². The minimum absolute atomic E-state index is 0.0230. The van der Waals surface area contributed by atoms with E-state index in [1.165, 1.54) is 16.3 Å². The first-order chi connectivity index (χ1) is 15.0. The molecule has 31 heavy (non-hydrogen) atoms. The molecule has 0 radical (unpaired) electrons. The molecule has 0 bridgehead atoms. The molecular formula is C27H28O4. The van der Waals surface area contributed by atoms with Crippen molar-refractivity contribution in [2.75, 3.05) is 0 Å². The van der Waals surface area contributed by atoms with E-state index in [0.717, 1.165) is 37.7 Å². The van der Waals surface area contributed by atoms with Gasteiger partial charge in [0.1, 0.15) is 5.78 Å². The van der Waals surface area contributed by atoms with Gasteiger partial charge in [0.05, 0.1) is 11.7 Å². The van der Waals surface area contributed by atoms with Crippen LogP contribution in [0.5, 0.6) is 0 Å². The van der Waals surface area contributed by atoms with Crippen molar-refractivity contribution in [1.82, 2.24) is 0 Å². The molecule has 3 aromatic rings. The predicted molar refractivity (Wildman–Crippen MR) is 121 cm³/mol. The van der Waals surface area contributed by atoms with Gasteiger partial charge in [-0.05, 0) is 72.1 Å². The van der Waals surface area contributed by atoms with Crippen LogP contribution in [0.15, 0.2) is 66.7 Å². The number of carbonyl (C=O) groups is 2. The van der Waals surface area contributed by atoms with Gasteiger partial charge in [-0.2, -0.15) is 0 Å². The minimum atomic E-state index is -0.924. The lowest BCUT2D eigenvalue weighted by Gasteiger charge is -2.21. The molecule has 3 atom stereocenters. The first kappa shape index (κ1) is 21.3. The molecule has 1 saturated carbocycles. The van der Waals surface area contributed by atoms with Crippen LogP contribution < -0.4 is 0 Å². The summed E-state index contributed by atoms with van der Waals surface area (Å²) in [5, 5.41) is 22.1. The number of aryl methyl sites for hydroxylation is 2. The number of carboxylic acids is 1. The number of Topliss-reactive ketones (excluding diaryl/α,β-unsaturated/α-hetero) is 1. The molecule has 0 amide bonds. The zero-order valence-electron chi connectivity index (χ0n) is 17.5. The molecule has 1 unspecified atom stereocenters. The second kappa shape index (κ2) is 9.44. The van der Waals surface area contributed by atoms with Crippen LogP contribution in [0.3, 0.4) is 0 Å². The van der Waals surface area contributed by atoms with Gasteiger partial charge in [-0.15, -0.1) is 0 Å². The molecule has 3 aromatic carbocycles. The van der Waals surface area contributed by atoms with E-state index >= 15 is 0 Å². The van der Waals surface area contributed by atoms with Crippen molar-refractivity contribution in [2.24, 2.45) is 11.8 Å². The lowest BCUT2D eigenvalue weighted by atomic mass is 9.84. The van der Waals surface area contributed by atoms with Crippen LogP contribution in [0.2, 0.25) is 0 Å². The number of hydrogen-bond donors (Lipinski definition) is 2. The minimum Gasteiger partial charge on any atom is -0.478 e. The van der Waals surface area contributed by atoms with Crippen molar-refractivity contribution < 1.29 is 19.8 Å². The fourth-order valence-electron chi connectivity index (χ4n) is 5.01. The Morgan fingerprint density at radius 1 is 0.935 bits per heavy atom. The van der Waals surface area contributed by atoms with E-state index in [4.69, 9.17) is 5.11 Å². The van der Waals surface area contributed by atoms with Crippen LogP contribution in [0.4, 0.5) is 0 Å². The first-order valence-corrected chi connectivity index (χ1v) is 11.0. The molecule has 2 N–H and O–H groups in total. The van der Waals surface area contributed by atoms with Crippen LogP contribution in [0.25, 0.3) is 10.8 Å². The Kier molecular flexibility index (Phi) is 6.47. The van der Waals surface area contributed by atoms with Gasteiger partial charge in [0.15, 0.2) is 0 Å². The smallest absolute Gasteiger partial charge is 0.335 e. The maximum atomic E-state index is 12.6. The molecule has 4 heteroatoms. The van der Waals surface area contributed by atoms with E-state index in [1.54, 1.807) is 18.2 Å². The molecule has 4 nitrogen and oxygen atoms in total. The van der Waals surface area contributed by atoms with Crippen molar-refractivity contribution in [1.29, 1.82) is 0 Å². The molecule has 0 heterocycles. The highest BCUT2D eigenvalue weighted by Crippen LogP contribution is 2.36. The summed E-state index contributed by atoms with van der Waals surface area (Å²) in [6, 6.07) is 21.6. The van der Waals surface area contributed by atoms with Gasteiger partial charge >= 0.3 is 5.97 Å². The topological polar surface area (TPSA) is 74.6 Å². The molecule has 1 aliphatic rings. The molecule has 0 aromatic heterocycles. The lowest BCUT2D eigenvalue weighted by Crippen LogP contribution is -2.21. The molecule has 0 saturated heterocycles. The standard InChI is InChI=1S/C27H28O4/c28-25-17-26(29)24(15-14-20-10-5-9-19-8-1-2-12-22(19)20)23(25)13-4-7-18-6-3-11-21(16-18)27(30)31/h1-3,5-6,8-12,16,23-25,28H,4,7,13-15,17H2,(H,30,31)/t23-,24-,25?/m1/s1. The Morgan fingerprint density at radius 3 is 2.55 bits per heavy atom. The van der Waals surface area contributed by atoms with Gasteiger partial charge < -0.3 is 10.2 Å². The average Bonchev–Trinajstić information content (AvgIpc) is 3.04. The molecule has 0 spiro atoms. The van der Waals surface area contributed by atoms with Gasteiger partial charge in [-0.1, -0.05) is 54.6 Å². The monoisotopic (exact) mass is 416 g/mol. The van der Waals surface area contributed by atoms with Crippen LogP contribution in [0.1, 0.15) is 47.2 Å². The third-order valence-electron chi connectivity index (χ3n) is 6.62. The normalized spacial score (nSPS) is 20.9. The van der Waals surface area contributed by atoms with E-state index in [9.17, 15) is 14.7 Å². The summed E-state index contributed by atoms with van der Waals surface area (Å²) in [4.78, 5) is 23.8. The third kappa shape index (κ3) is 4.86. The average molecular weight is 417 g/mol. The third-order valence-corrected chi connectivity index (χ3v) is 6.62. The first-order valence-electron chi connectivity index (χ1n) is 11.0. The summed E-state index contributed by atoms with van der Waals surface area (Å²) in [7, 11) is 0. The summed E-state index contributed by atoms with van der Waals surface area (Å²) in [6.45, 7) is 0. The van der Waals surface area contributed by atoms with Crippen molar-refractivity contribution in [3.63, 3.8) is 0 Å². The van der Waals surface area contributed by atoms with Crippen LogP contribution in [-0.2, 0) is 17.6 Å². The number of aromatic carboxylic acids is 1. The number of carboxylic acid groups (broad SMARTS) is 1. The Morgan fingerprint density at radius 2 is 1.71 bits per heavy atom. The number of carbonyl (C=O) groups excluding carboxylic acids is 1. The zero-order chi connectivity index (χ0) is 21.8. The molecule has 4 rings (SSSR count).